The standard InChI is InChI=1S/C26H32N2O4/c1-5-7-13-27(6-2)26(30)23-18-10-8-9-11-19(18)25(29)28-14-12-17-15-21(31-3)22(32-4)16-20(17)24(23)28/h8-11,15-16,23-24H,5-7,12-14H2,1-4H3/t23-,24+/m0/s1. The van der Waals surface area contributed by atoms with Crippen LogP contribution in [-0.2, 0) is 11.2 Å². The van der Waals surface area contributed by atoms with E-state index in [-0.39, 0.29) is 17.9 Å². The molecule has 6 nitrogen and oxygen atoms in total. The van der Waals surface area contributed by atoms with Gasteiger partial charge in [0.25, 0.3) is 5.91 Å². The maximum atomic E-state index is 14.0. The molecule has 0 fully saturated rings. The van der Waals surface area contributed by atoms with Gasteiger partial charge >= 0.3 is 0 Å². The molecule has 0 aliphatic carbocycles. The Bertz CT molecular complexity index is 1020. The highest BCUT2D eigenvalue weighted by Gasteiger charge is 2.47. The van der Waals surface area contributed by atoms with E-state index >= 15 is 0 Å². The van der Waals surface area contributed by atoms with E-state index in [1.54, 1.807) is 14.2 Å². The van der Waals surface area contributed by atoms with Crippen molar-refractivity contribution in [1.29, 1.82) is 0 Å². The van der Waals surface area contributed by atoms with E-state index in [2.05, 4.69) is 6.92 Å². The van der Waals surface area contributed by atoms with E-state index in [1.807, 2.05) is 53.1 Å². The lowest BCUT2D eigenvalue weighted by Crippen LogP contribution is -2.51. The molecule has 2 heterocycles. The number of benzene rings is 2. The maximum Gasteiger partial charge on any atom is 0.254 e. The summed E-state index contributed by atoms with van der Waals surface area (Å²) in [6.45, 7) is 6.10. The highest BCUT2D eigenvalue weighted by atomic mass is 16.5. The van der Waals surface area contributed by atoms with Crippen LogP contribution in [0.2, 0.25) is 0 Å². The average Bonchev–Trinajstić information content (AvgIpc) is 2.83. The lowest BCUT2D eigenvalue weighted by Gasteiger charge is -2.46. The minimum absolute atomic E-state index is 0.00769. The van der Waals surface area contributed by atoms with E-state index < -0.39 is 5.92 Å². The van der Waals surface area contributed by atoms with Gasteiger partial charge in [-0.05, 0) is 54.7 Å². The molecule has 0 saturated heterocycles. The first kappa shape index (κ1) is 22.2. The van der Waals surface area contributed by atoms with Gasteiger partial charge in [0.2, 0.25) is 5.91 Å². The molecule has 0 spiro atoms. The monoisotopic (exact) mass is 436 g/mol. The van der Waals surface area contributed by atoms with Crippen molar-refractivity contribution in [2.75, 3.05) is 33.9 Å². The summed E-state index contributed by atoms with van der Waals surface area (Å²) in [7, 11) is 3.23. The lowest BCUT2D eigenvalue weighted by molar-refractivity contribution is -0.134. The quantitative estimate of drug-likeness (QED) is 0.653. The number of nitrogens with zero attached hydrogens (tertiary/aromatic N) is 2. The first-order valence-corrected chi connectivity index (χ1v) is 11.5. The van der Waals surface area contributed by atoms with Crippen LogP contribution in [0.25, 0.3) is 0 Å². The largest absolute Gasteiger partial charge is 0.493 e. The lowest BCUT2D eigenvalue weighted by atomic mass is 9.75. The molecule has 2 aliphatic rings. The van der Waals surface area contributed by atoms with Crippen molar-refractivity contribution in [3.63, 3.8) is 0 Å². The van der Waals surface area contributed by atoms with Gasteiger partial charge in [0, 0.05) is 25.2 Å². The van der Waals surface area contributed by atoms with Crippen LogP contribution < -0.4 is 9.47 Å². The maximum absolute atomic E-state index is 14.0. The third-order valence-electron chi connectivity index (χ3n) is 6.77. The van der Waals surface area contributed by atoms with E-state index in [1.165, 1.54) is 0 Å². The van der Waals surface area contributed by atoms with Crippen LogP contribution in [0.5, 0.6) is 11.5 Å². The second-order valence-electron chi connectivity index (χ2n) is 8.44. The topological polar surface area (TPSA) is 59.1 Å². The summed E-state index contributed by atoms with van der Waals surface area (Å²) in [5.74, 6) is 0.912. The molecule has 2 aromatic rings. The summed E-state index contributed by atoms with van der Waals surface area (Å²) in [5, 5.41) is 0. The average molecular weight is 437 g/mol. The van der Waals surface area contributed by atoms with E-state index in [9.17, 15) is 9.59 Å². The third-order valence-corrected chi connectivity index (χ3v) is 6.77. The van der Waals surface area contributed by atoms with E-state index in [0.717, 1.165) is 36.1 Å². The second-order valence-corrected chi connectivity index (χ2v) is 8.44. The highest BCUT2D eigenvalue weighted by molar-refractivity contribution is 6.01. The number of unbranched alkanes of at least 4 members (excludes halogenated alkanes) is 1. The van der Waals surface area contributed by atoms with Crippen LogP contribution in [-0.4, -0.2) is 55.5 Å². The Morgan fingerprint density at radius 1 is 1.09 bits per heavy atom. The fourth-order valence-electron chi connectivity index (χ4n) is 5.09. The number of carbonyl (C=O) groups excluding carboxylic acids is 2. The second kappa shape index (κ2) is 9.23. The molecule has 170 valence electrons. The van der Waals surface area contributed by atoms with Gasteiger partial charge in [0.1, 0.15) is 0 Å². The molecule has 6 heteroatoms. The van der Waals surface area contributed by atoms with Crippen LogP contribution in [0.4, 0.5) is 0 Å². The molecule has 0 aromatic heterocycles. The molecule has 2 amide bonds. The first-order chi connectivity index (χ1) is 15.5. The van der Waals surface area contributed by atoms with E-state index in [4.69, 9.17) is 9.47 Å². The molecule has 0 radical (unpaired) electrons. The Balaban J connectivity index is 1.88. The van der Waals surface area contributed by atoms with Gasteiger partial charge < -0.3 is 19.3 Å². The number of rotatable bonds is 7. The highest BCUT2D eigenvalue weighted by Crippen LogP contribution is 2.48. The van der Waals surface area contributed by atoms with Crippen LogP contribution >= 0.6 is 0 Å². The number of fused-ring (bicyclic) bond motifs is 4. The predicted octanol–water partition coefficient (Wildman–Crippen LogP) is 4.19. The number of hydrogen-bond acceptors (Lipinski definition) is 4. The molecule has 0 unspecified atom stereocenters. The van der Waals surface area contributed by atoms with Crippen LogP contribution in [0.3, 0.4) is 0 Å². The number of hydrogen-bond donors (Lipinski definition) is 0. The van der Waals surface area contributed by atoms with Gasteiger partial charge in [-0.25, -0.2) is 0 Å². The zero-order valence-electron chi connectivity index (χ0n) is 19.4. The van der Waals surface area contributed by atoms with Crippen molar-refractivity contribution < 1.29 is 19.1 Å². The van der Waals surface area contributed by atoms with Gasteiger partial charge in [0.05, 0.1) is 26.2 Å². The molecule has 4 rings (SSSR count). The van der Waals surface area contributed by atoms with Crippen molar-refractivity contribution in [2.45, 2.75) is 45.1 Å². The fraction of sp³-hybridized carbons (Fsp3) is 0.462. The first-order valence-electron chi connectivity index (χ1n) is 11.5. The van der Waals surface area contributed by atoms with Gasteiger partial charge in [-0.2, -0.15) is 0 Å². The van der Waals surface area contributed by atoms with E-state index in [0.29, 0.717) is 36.6 Å². The van der Waals surface area contributed by atoms with Gasteiger partial charge in [-0.15, -0.1) is 0 Å². The van der Waals surface area contributed by atoms with Crippen molar-refractivity contribution in [3.8, 4) is 11.5 Å². The smallest absolute Gasteiger partial charge is 0.254 e. The van der Waals surface area contributed by atoms with Crippen molar-refractivity contribution >= 4 is 11.8 Å². The van der Waals surface area contributed by atoms with Crippen LogP contribution in [0, 0.1) is 0 Å². The predicted molar refractivity (Wildman–Crippen MR) is 123 cm³/mol. The van der Waals surface area contributed by atoms with Gasteiger partial charge in [-0.3, -0.25) is 9.59 Å². The number of methoxy groups -OCH3 is 2. The van der Waals surface area contributed by atoms with Gasteiger partial charge in [-0.1, -0.05) is 31.5 Å². The summed E-state index contributed by atoms with van der Waals surface area (Å²) >= 11 is 0. The molecular weight excluding hydrogens is 404 g/mol. The Kier molecular flexibility index (Phi) is 6.40. The number of carbonyl (C=O) groups is 2. The summed E-state index contributed by atoms with van der Waals surface area (Å²) in [5.41, 5.74) is 3.53. The molecule has 0 saturated carbocycles. The molecule has 0 N–H and O–H groups in total. The van der Waals surface area contributed by atoms with Crippen LogP contribution in [0.1, 0.15) is 65.7 Å². The van der Waals surface area contributed by atoms with Crippen molar-refractivity contribution in [2.24, 2.45) is 0 Å². The number of ether oxygens (including phenoxy) is 2. The SMILES string of the molecule is CCCCN(CC)C(=O)[C@H]1c2ccccc2C(=O)N2CCc3cc(OC)c(OC)cc3[C@H]12. The summed E-state index contributed by atoms with van der Waals surface area (Å²) in [4.78, 5) is 31.3. The van der Waals surface area contributed by atoms with Crippen molar-refractivity contribution in [1.82, 2.24) is 9.80 Å². The molecule has 32 heavy (non-hydrogen) atoms. The molecular formula is C26H32N2O4. The Labute approximate surface area is 190 Å². The summed E-state index contributed by atoms with van der Waals surface area (Å²) < 4.78 is 11.1. The molecule has 2 atom stereocenters. The summed E-state index contributed by atoms with van der Waals surface area (Å²) in [6, 6.07) is 11.2. The summed E-state index contributed by atoms with van der Waals surface area (Å²) in [6.07, 6.45) is 2.70. The minimum Gasteiger partial charge on any atom is -0.493 e. The normalized spacial score (nSPS) is 19.0. The van der Waals surface area contributed by atoms with Crippen LogP contribution in [0.15, 0.2) is 36.4 Å². The minimum atomic E-state index is -0.446. The number of likely N-dealkylation sites (N-methyl/N-ethyl adjacent to an activating group) is 1. The number of amides is 2. The zero-order valence-corrected chi connectivity index (χ0v) is 19.4. The Hall–Kier alpha value is -3.02. The molecule has 0 bridgehead atoms. The Morgan fingerprint density at radius 2 is 1.81 bits per heavy atom. The fourth-order valence-corrected chi connectivity index (χ4v) is 5.09. The molecule has 2 aromatic carbocycles. The van der Waals surface area contributed by atoms with Crippen molar-refractivity contribution in [3.05, 3.63) is 58.7 Å². The molecule has 2 aliphatic heterocycles. The zero-order chi connectivity index (χ0) is 22.8. The van der Waals surface area contributed by atoms with Gasteiger partial charge in [0.15, 0.2) is 11.5 Å². The Morgan fingerprint density at radius 3 is 2.50 bits per heavy atom. The third kappa shape index (κ3) is 3.61.